The van der Waals surface area contributed by atoms with Crippen molar-refractivity contribution in [2.45, 2.75) is 33.2 Å². The van der Waals surface area contributed by atoms with Gasteiger partial charge in [0.2, 0.25) is 5.91 Å². The number of hydrogen-bond acceptors (Lipinski definition) is 3. The maximum Gasteiger partial charge on any atom is 0.251 e. The van der Waals surface area contributed by atoms with E-state index in [0.29, 0.717) is 11.3 Å². The topological polar surface area (TPSA) is 70.2 Å². The molecular formula is C16H23N3O2. The van der Waals surface area contributed by atoms with Gasteiger partial charge in [0, 0.05) is 23.8 Å². The summed E-state index contributed by atoms with van der Waals surface area (Å²) in [5.74, 6) is -0.0838. The zero-order valence-corrected chi connectivity index (χ0v) is 12.8. The Bertz CT molecular complexity index is 534. The van der Waals surface area contributed by atoms with Crippen molar-refractivity contribution in [2.24, 2.45) is 5.92 Å². The quantitative estimate of drug-likeness (QED) is 0.790. The first-order valence-electron chi connectivity index (χ1n) is 7.40. The van der Waals surface area contributed by atoms with Crippen LogP contribution in [0, 0.1) is 12.8 Å². The van der Waals surface area contributed by atoms with Crippen LogP contribution in [0.2, 0.25) is 0 Å². The van der Waals surface area contributed by atoms with Gasteiger partial charge >= 0.3 is 0 Å². The first kappa shape index (κ1) is 15.5. The van der Waals surface area contributed by atoms with Gasteiger partial charge in [-0.2, -0.15) is 0 Å². The average Bonchev–Trinajstić information content (AvgIpc) is 2.94. The molecule has 1 unspecified atom stereocenters. The summed E-state index contributed by atoms with van der Waals surface area (Å²) in [6.07, 6.45) is 0.860. The van der Waals surface area contributed by atoms with Gasteiger partial charge in [0.25, 0.3) is 5.91 Å². The second-order valence-corrected chi connectivity index (χ2v) is 5.84. The van der Waals surface area contributed by atoms with Gasteiger partial charge in [-0.15, -0.1) is 0 Å². The van der Waals surface area contributed by atoms with E-state index in [1.165, 1.54) is 0 Å². The smallest absolute Gasteiger partial charge is 0.251 e. The SMILES string of the molecule is Cc1ccc(NC(=O)C2CCNC2)cc1C(=O)NC(C)C. The summed E-state index contributed by atoms with van der Waals surface area (Å²) in [6, 6.07) is 5.52. The number of carbonyl (C=O) groups is 2. The molecule has 5 heteroatoms. The highest BCUT2D eigenvalue weighted by Crippen LogP contribution is 2.18. The van der Waals surface area contributed by atoms with Crippen molar-refractivity contribution in [3.63, 3.8) is 0 Å². The molecule has 1 aromatic carbocycles. The molecule has 21 heavy (non-hydrogen) atoms. The van der Waals surface area contributed by atoms with E-state index in [0.717, 1.165) is 25.1 Å². The second-order valence-electron chi connectivity index (χ2n) is 5.84. The Kier molecular flexibility index (Phi) is 4.96. The Morgan fingerprint density at radius 2 is 2.10 bits per heavy atom. The number of amides is 2. The van der Waals surface area contributed by atoms with E-state index in [1.54, 1.807) is 6.07 Å². The molecule has 0 radical (unpaired) electrons. The third-order valence-corrected chi connectivity index (χ3v) is 3.60. The minimum Gasteiger partial charge on any atom is -0.350 e. The summed E-state index contributed by atoms with van der Waals surface area (Å²) in [7, 11) is 0. The molecule has 5 nitrogen and oxygen atoms in total. The van der Waals surface area contributed by atoms with Gasteiger partial charge < -0.3 is 16.0 Å². The van der Waals surface area contributed by atoms with Crippen molar-refractivity contribution in [3.05, 3.63) is 29.3 Å². The Hall–Kier alpha value is -1.88. The van der Waals surface area contributed by atoms with E-state index < -0.39 is 0 Å². The van der Waals surface area contributed by atoms with E-state index in [-0.39, 0.29) is 23.8 Å². The molecule has 1 heterocycles. The molecule has 1 aromatic rings. The molecule has 1 aliphatic heterocycles. The molecule has 0 aliphatic carbocycles. The van der Waals surface area contributed by atoms with Crippen LogP contribution in [0.25, 0.3) is 0 Å². The summed E-state index contributed by atoms with van der Waals surface area (Å²) in [4.78, 5) is 24.2. The maximum atomic E-state index is 12.1. The van der Waals surface area contributed by atoms with Crippen LogP contribution in [-0.4, -0.2) is 30.9 Å². The first-order chi connectivity index (χ1) is 9.97. The van der Waals surface area contributed by atoms with Crippen molar-refractivity contribution in [1.82, 2.24) is 10.6 Å². The fraction of sp³-hybridized carbons (Fsp3) is 0.500. The van der Waals surface area contributed by atoms with E-state index >= 15 is 0 Å². The number of aryl methyl sites for hydroxylation is 1. The van der Waals surface area contributed by atoms with Crippen LogP contribution in [0.1, 0.15) is 36.2 Å². The summed E-state index contributed by atoms with van der Waals surface area (Å²) < 4.78 is 0. The number of benzene rings is 1. The van der Waals surface area contributed by atoms with Crippen molar-refractivity contribution in [1.29, 1.82) is 0 Å². The standard InChI is InChI=1S/C16H23N3O2/c1-10(2)18-16(21)14-8-13(5-4-11(14)3)19-15(20)12-6-7-17-9-12/h4-5,8,10,12,17H,6-7,9H2,1-3H3,(H,18,21)(H,19,20). The van der Waals surface area contributed by atoms with E-state index in [2.05, 4.69) is 16.0 Å². The molecule has 0 bridgehead atoms. The number of rotatable bonds is 4. The number of carbonyl (C=O) groups excluding carboxylic acids is 2. The van der Waals surface area contributed by atoms with Gasteiger partial charge in [-0.1, -0.05) is 6.07 Å². The summed E-state index contributed by atoms with van der Waals surface area (Å²) in [5, 5.41) is 8.95. The Balaban J connectivity index is 2.10. The molecule has 1 atom stereocenters. The summed E-state index contributed by atoms with van der Waals surface area (Å²) in [5.41, 5.74) is 2.17. The third-order valence-electron chi connectivity index (χ3n) is 3.60. The highest BCUT2D eigenvalue weighted by atomic mass is 16.2. The Morgan fingerprint density at radius 1 is 1.33 bits per heavy atom. The summed E-state index contributed by atoms with van der Waals surface area (Å²) >= 11 is 0. The highest BCUT2D eigenvalue weighted by molar-refractivity contribution is 5.99. The Labute approximate surface area is 125 Å². The number of hydrogen-bond donors (Lipinski definition) is 3. The maximum absolute atomic E-state index is 12.1. The van der Waals surface area contributed by atoms with E-state index in [1.807, 2.05) is 32.9 Å². The van der Waals surface area contributed by atoms with Crippen LogP contribution in [0.5, 0.6) is 0 Å². The van der Waals surface area contributed by atoms with Crippen molar-refractivity contribution in [3.8, 4) is 0 Å². The fourth-order valence-corrected chi connectivity index (χ4v) is 2.41. The average molecular weight is 289 g/mol. The molecule has 1 aliphatic rings. The van der Waals surface area contributed by atoms with Gasteiger partial charge in [0.15, 0.2) is 0 Å². The largest absolute Gasteiger partial charge is 0.350 e. The molecule has 3 N–H and O–H groups in total. The van der Waals surface area contributed by atoms with Gasteiger partial charge in [0.1, 0.15) is 0 Å². The lowest BCUT2D eigenvalue weighted by atomic mass is 10.1. The van der Waals surface area contributed by atoms with Crippen LogP contribution in [0.3, 0.4) is 0 Å². The van der Waals surface area contributed by atoms with Crippen molar-refractivity contribution in [2.75, 3.05) is 18.4 Å². The molecule has 114 valence electrons. The lowest BCUT2D eigenvalue weighted by molar-refractivity contribution is -0.119. The van der Waals surface area contributed by atoms with Crippen molar-refractivity contribution < 1.29 is 9.59 Å². The van der Waals surface area contributed by atoms with Gasteiger partial charge in [-0.05, 0) is 51.4 Å². The van der Waals surface area contributed by atoms with Crippen LogP contribution in [0.4, 0.5) is 5.69 Å². The molecule has 0 saturated carbocycles. The van der Waals surface area contributed by atoms with Gasteiger partial charge in [0.05, 0.1) is 5.92 Å². The van der Waals surface area contributed by atoms with Gasteiger partial charge in [-0.25, -0.2) is 0 Å². The zero-order valence-electron chi connectivity index (χ0n) is 12.8. The summed E-state index contributed by atoms with van der Waals surface area (Å²) in [6.45, 7) is 7.34. The molecule has 2 amide bonds. The normalized spacial score (nSPS) is 17.8. The molecule has 2 rings (SSSR count). The molecule has 0 spiro atoms. The van der Waals surface area contributed by atoms with Gasteiger partial charge in [-0.3, -0.25) is 9.59 Å². The molecular weight excluding hydrogens is 266 g/mol. The highest BCUT2D eigenvalue weighted by Gasteiger charge is 2.22. The zero-order chi connectivity index (χ0) is 15.4. The van der Waals surface area contributed by atoms with Crippen LogP contribution >= 0.6 is 0 Å². The predicted octanol–water partition coefficient (Wildman–Crippen LogP) is 1.68. The van der Waals surface area contributed by atoms with Crippen LogP contribution in [-0.2, 0) is 4.79 Å². The molecule has 0 aromatic heterocycles. The molecule has 1 saturated heterocycles. The van der Waals surface area contributed by atoms with Crippen molar-refractivity contribution >= 4 is 17.5 Å². The second kappa shape index (κ2) is 6.72. The predicted molar refractivity (Wildman–Crippen MR) is 83.4 cm³/mol. The van der Waals surface area contributed by atoms with Crippen LogP contribution < -0.4 is 16.0 Å². The lowest BCUT2D eigenvalue weighted by Crippen LogP contribution is -2.31. The first-order valence-corrected chi connectivity index (χ1v) is 7.40. The van der Waals surface area contributed by atoms with E-state index in [4.69, 9.17) is 0 Å². The monoisotopic (exact) mass is 289 g/mol. The minimum absolute atomic E-state index is 0.0130. The Morgan fingerprint density at radius 3 is 2.71 bits per heavy atom. The minimum atomic E-state index is -0.110. The number of nitrogens with one attached hydrogen (secondary N) is 3. The van der Waals surface area contributed by atoms with Crippen LogP contribution in [0.15, 0.2) is 18.2 Å². The van der Waals surface area contributed by atoms with E-state index in [9.17, 15) is 9.59 Å². The third kappa shape index (κ3) is 4.04. The number of anilines is 1. The fourth-order valence-electron chi connectivity index (χ4n) is 2.41. The molecule has 1 fully saturated rings. The lowest BCUT2D eigenvalue weighted by Gasteiger charge is -2.14.